The van der Waals surface area contributed by atoms with Gasteiger partial charge >= 0.3 is 0 Å². The highest BCUT2D eigenvalue weighted by Crippen LogP contribution is 2.22. The SMILES string of the molecule is C#Cc1ccc(CCCCCCCC)s1.C1CCOC1.CCCCCCCCc1ccc(C#Cc2ccc(C#Cc3ccc(CCCCCCCC)s3)s2)s1. The lowest BCUT2D eigenvalue weighted by Crippen LogP contribution is -1.82. The molecule has 298 valence electrons. The molecule has 5 heterocycles. The molecule has 0 aromatic carbocycles. The van der Waals surface area contributed by atoms with Crippen molar-refractivity contribution in [2.75, 3.05) is 13.2 Å². The summed E-state index contributed by atoms with van der Waals surface area (Å²) in [7, 11) is 0. The molecule has 0 spiro atoms. The minimum Gasteiger partial charge on any atom is -0.381 e. The second-order valence-corrected chi connectivity index (χ2v) is 19.1. The summed E-state index contributed by atoms with van der Waals surface area (Å²) in [6.45, 7) is 8.81. The van der Waals surface area contributed by atoms with Crippen LogP contribution in [0.15, 0.2) is 48.5 Å². The van der Waals surface area contributed by atoms with Crippen LogP contribution in [0.2, 0.25) is 0 Å². The maximum Gasteiger partial charge on any atom is 0.0785 e. The van der Waals surface area contributed by atoms with E-state index in [-0.39, 0.29) is 0 Å². The lowest BCUT2D eigenvalue weighted by molar-refractivity contribution is 0.198. The Balaban J connectivity index is 0.000000331. The van der Waals surface area contributed by atoms with Gasteiger partial charge < -0.3 is 4.74 Å². The van der Waals surface area contributed by atoms with Crippen molar-refractivity contribution in [2.45, 2.75) is 168 Å². The smallest absolute Gasteiger partial charge is 0.0785 e. The number of thiophene rings is 4. The molecule has 1 aliphatic rings. The van der Waals surface area contributed by atoms with Crippen molar-refractivity contribution in [3.05, 3.63) is 87.5 Å². The van der Waals surface area contributed by atoms with E-state index in [4.69, 9.17) is 11.2 Å². The van der Waals surface area contributed by atoms with Crippen LogP contribution >= 0.6 is 45.3 Å². The van der Waals surface area contributed by atoms with Gasteiger partial charge in [0.05, 0.1) is 24.4 Å². The highest BCUT2D eigenvalue weighted by atomic mass is 32.1. The van der Waals surface area contributed by atoms with E-state index >= 15 is 0 Å². The molecule has 4 aromatic rings. The Bertz CT molecular complexity index is 1600. The quantitative estimate of drug-likeness (QED) is 0.0601. The molecular weight excluding hydrogens is 745 g/mol. The van der Waals surface area contributed by atoms with Crippen molar-refractivity contribution >= 4 is 45.3 Å². The van der Waals surface area contributed by atoms with Crippen molar-refractivity contribution in [1.82, 2.24) is 0 Å². The number of rotatable bonds is 21. The number of terminal acetylenes is 1. The number of unbranched alkanes of at least 4 members (excludes halogenated alkanes) is 15. The lowest BCUT2D eigenvalue weighted by atomic mass is 10.1. The zero-order valence-corrected chi connectivity index (χ0v) is 37.7. The largest absolute Gasteiger partial charge is 0.381 e. The minimum atomic E-state index is 1.00. The van der Waals surface area contributed by atoms with Crippen LogP contribution in [0, 0.1) is 36.0 Å². The third-order valence-electron chi connectivity index (χ3n) is 9.51. The van der Waals surface area contributed by atoms with Gasteiger partial charge in [-0.3, -0.25) is 0 Å². The predicted molar refractivity (Wildman–Crippen MR) is 248 cm³/mol. The molecule has 0 bridgehead atoms. The Morgan fingerprint density at radius 2 is 0.727 bits per heavy atom. The zero-order chi connectivity index (χ0) is 39.0. The third kappa shape index (κ3) is 22.7. The highest BCUT2D eigenvalue weighted by Gasteiger charge is 2.02. The summed E-state index contributed by atoms with van der Waals surface area (Å²) < 4.78 is 4.94. The summed E-state index contributed by atoms with van der Waals surface area (Å²) in [6, 6.07) is 17.3. The van der Waals surface area contributed by atoms with Crippen molar-refractivity contribution in [1.29, 1.82) is 0 Å². The van der Waals surface area contributed by atoms with Crippen LogP contribution < -0.4 is 0 Å². The number of hydrogen-bond acceptors (Lipinski definition) is 5. The van der Waals surface area contributed by atoms with Gasteiger partial charge in [0.25, 0.3) is 0 Å². The van der Waals surface area contributed by atoms with E-state index in [2.05, 4.69) is 98.9 Å². The fourth-order valence-corrected chi connectivity index (χ4v) is 9.60. The molecule has 1 fully saturated rings. The molecule has 1 nitrogen and oxygen atoms in total. The van der Waals surface area contributed by atoms with E-state index in [1.807, 2.05) is 22.7 Å². The van der Waals surface area contributed by atoms with Crippen LogP contribution in [0.3, 0.4) is 0 Å². The molecule has 55 heavy (non-hydrogen) atoms. The summed E-state index contributed by atoms with van der Waals surface area (Å²) in [5.41, 5.74) is 0. The molecular formula is C50H68OS4. The number of aryl methyl sites for hydroxylation is 3. The Labute approximate surface area is 353 Å². The van der Waals surface area contributed by atoms with Gasteiger partial charge in [-0.15, -0.1) is 51.8 Å². The first-order chi connectivity index (χ1) is 27.1. The summed E-state index contributed by atoms with van der Waals surface area (Å²) in [4.78, 5) is 9.97. The van der Waals surface area contributed by atoms with E-state index in [1.54, 1.807) is 22.7 Å². The van der Waals surface area contributed by atoms with Crippen molar-refractivity contribution in [3.8, 4) is 36.0 Å². The zero-order valence-electron chi connectivity index (χ0n) is 34.4. The van der Waals surface area contributed by atoms with E-state index in [0.717, 1.165) is 27.8 Å². The minimum absolute atomic E-state index is 1.00. The maximum absolute atomic E-state index is 5.33. The molecule has 0 radical (unpaired) electrons. The van der Waals surface area contributed by atoms with E-state index in [1.165, 1.54) is 172 Å². The Morgan fingerprint density at radius 3 is 1.05 bits per heavy atom. The first kappa shape index (κ1) is 46.8. The summed E-state index contributed by atoms with van der Waals surface area (Å²) in [5, 5.41) is 0. The van der Waals surface area contributed by atoms with Gasteiger partial charge in [0.1, 0.15) is 0 Å². The first-order valence-electron chi connectivity index (χ1n) is 21.6. The maximum atomic E-state index is 5.33. The molecule has 5 rings (SSSR count). The lowest BCUT2D eigenvalue weighted by Gasteiger charge is -1.98. The molecule has 0 N–H and O–H groups in total. The van der Waals surface area contributed by atoms with Crippen LogP contribution in [0.1, 0.15) is 188 Å². The summed E-state index contributed by atoms with van der Waals surface area (Å²) >= 11 is 7.16. The van der Waals surface area contributed by atoms with Crippen LogP contribution in [-0.2, 0) is 24.0 Å². The van der Waals surface area contributed by atoms with E-state index in [0.29, 0.717) is 0 Å². The van der Waals surface area contributed by atoms with Crippen LogP contribution in [-0.4, -0.2) is 13.2 Å². The topological polar surface area (TPSA) is 9.23 Å². The normalized spacial score (nSPS) is 11.7. The standard InChI is InChI=1S/C32H40S3.C14H20S.C4H8O/c1-3-5-7-9-11-13-15-27-17-19-29(33-27)21-23-31-25-26-32(35-31)24-22-30-20-18-28(34-30)16-14-12-10-8-6-4-2;1-3-5-6-7-8-9-10-14-12-11-13(4-2)15-14;1-2-4-5-3-1/h17-20,25-26H,3-16H2,1-2H3;2,11-12H,3,5-10H2,1H3;1-4H2. The van der Waals surface area contributed by atoms with Crippen molar-refractivity contribution in [2.24, 2.45) is 0 Å². The summed E-state index contributed by atoms with van der Waals surface area (Å²) in [5.74, 6) is 16.1. The first-order valence-corrected chi connectivity index (χ1v) is 24.8. The van der Waals surface area contributed by atoms with Gasteiger partial charge in [-0.1, -0.05) is 123 Å². The predicted octanol–water partition coefficient (Wildman–Crippen LogP) is 15.9. The Hall–Kier alpha value is -2.56. The van der Waals surface area contributed by atoms with Gasteiger partial charge in [0, 0.05) is 27.8 Å². The highest BCUT2D eigenvalue weighted by molar-refractivity contribution is 7.14. The Kier molecular flexibility index (Phi) is 26.8. The third-order valence-corrected chi connectivity index (χ3v) is 13.6. The second-order valence-electron chi connectivity index (χ2n) is 14.5. The molecule has 1 aliphatic heterocycles. The summed E-state index contributed by atoms with van der Waals surface area (Å²) in [6.07, 6.45) is 35.9. The number of ether oxygens (including phenoxy) is 1. The van der Waals surface area contributed by atoms with Crippen molar-refractivity contribution in [3.63, 3.8) is 0 Å². The fraction of sp³-hybridized carbons (Fsp3) is 0.560. The van der Waals surface area contributed by atoms with E-state index in [9.17, 15) is 0 Å². The average Bonchev–Trinajstić information content (AvgIpc) is 4.06. The van der Waals surface area contributed by atoms with Crippen molar-refractivity contribution < 1.29 is 4.74 Å². The molecule has 0 unspecified atom stereocenters. The molecule has 0 atom stereocenters. The van der Waals surface area contributed by atoms with Crippen LogP contribution in [0.4, 0.5) is 0 Å². The molecule has 0 saturated carbocycles. The average molecular weight is 813 g/mol. The fourth-order valence-electron chi connectivity index (χ4n) is 6.22. The molecule has 1 saturated heterocycles. The van der Waals surface area contributed by atoms with Crippen LogP contribution in [0.25, 0.3) is 0 Å². The van der Waals surface area contributed by atoms with Gasteiger partial charge in [0.15, 0.2) is 0 Å². The monoisotopic (exact) mass is 812 g/mol. The Morgan fingerprint density at radius 1 is 0.418 bits per heavy atom. The van der Waals surface area contributed by atoms with Gasteiger partial charge in [0.2, 0.25) is 0 Å². The molecule has 5 heteroatoms. The molecule has 0 aliphatic carbocycles. The van der Waals surface area contributed by atoms with Gasteiger partial charge in [-0.05, 0) is 124 Å². The number of hydrogen-bond donors (Lipinski definition) is 0. The van der Waals surface area contributed by atoms with Gasteiger partial charge in [-0.25, -0.2) is 0 Å². The second kappa shape index (κ2) is 31.5. The van der Waals surface area contributed by atoms with Crippen LogP contribution in [0.5, 0.6) is 0 Å². The molecule has 0 amide bonds. The van der Waals surface area contributed by atoms with E-state index < -0.39 is 0 Å². The molecule has 4 aromatic heterocycles. The van der Waals surface area contributed by atoms with Gasteiger partial charge in [-0.2, -0.15) is 0 Å².